The van der Waals surface area contributed by atoms with Crippen LogP contribution in [0.4, 0.5) is 5.69 Å². The number of anilines is 1. The van der Waals surface area contributed by atoms with Crippen molar-refractivity contribution in [1.82, 2.24) is 0 Å². The molecular formula is C19H22AlCl2NO3. The summed E-state index contributed by atoms with van der Waals surface area (Å²) < 4.78 is 16.7. The Bertz CT molecular complexity index is 708. The van der Waals surface area contributed by atoms with Crippen LogP contribution < -0.4 is 9.64 Å². The second kappa shape index (κ2) is 10.6. The zero-order valence-electron chi connectivity index (χ0n) is 15.1. The van der Waals surface area contributed by atoms with Crippen molar-refractivity contribution in [2.75, 3.05) is 25.2 Å². The second-order valence-corrected chi connectivity index (χ2v) is 9.06. The highest BCUT2D eigenvalue weighted by Crippen LogP contribution is 2.31. The molecular weight excluding hydrogens is 388 g/mol. The molecule has 0 atom stereocenters. The quantitative estimate of drug-likeness (QED) is 0.411. The van der Waals surface area contributed by atoms with Crippen molar-refractivity contribution in [3.8, 4) is 5.75 Å². The molecule has 0 saturated carbocycles. The molecule has 0 saturated heterocycles. The highest BCUT2D eigenvalue weighted by molar-refractivity contribution is 7.30. The number of hydrogen-bond acceptors (Lipinski definition) is 4. The molecule has 0 unspecified atom stereocenters. The number of methoxy groups -OCH3 is 1. The summed E-state index contributed by atoms with van der Waals surface area (Å²) in [6, 6.07) is 17.7. The Morgan fingerprint density at radius 3 is 2.15 bits per heavy atom. The van der Waals surface area contributed by atoms with E-state index in [9.17, 15) is 0 Å². The van der Waals surface area contributed by atoms with Gasteiger partial charge in [-0.2, -0.15) is 20.1 Å². The van der Waals surface area contributed by atoms with Gasteiger partial charge in [-0.25, -0.2) is 0 Å². The topological polar surface area (TPSA) is 30.9 Å². The standard InChI is InChI=1S/C19H23NO3.Al.2ClH/c1-4-20(16-11-13-17(22-3)14-12-16)18(19(21)23-5-2)15-9-7-6-8-10-15;;;/h6-14,21H,4-5H2,1-3H3;;2*1H/q;+3;;/p-3/b19-18+;;;. The lowest BCUT2D eigenvalue weighted by molar-refractivity contribution is 0.122. The first-order valence-electron chi connectivity index (χ1n) is 8.39. The highest BCUT2D eigenvalue weighted by Gasteiger charge is 2.26. The fraction of sp³-hybridized carbons (Fsp3) is 0.263. The molecule has 0 spiro atoms. The van der Waals surface area contributed by atoms with Crippen LogP contribution in [0.1, 0.15) is 19.4 Å². The molecule has 138 valence electrons. The van der Waals surface area contributed by atoms with E-state index in [1.54, 1.807) is 7.11 Å². The maximum atomic E-state index is 6.01. The molecule has 0 fully saturated rings. The number of nitrogens with zero attached hydrogens (tertiary/aromatic N) is 1. The van der Waals surface area contributed by atoms with E-state index < -0.39 is 12.6 Å². The van der Waals surface area contributed by atoms with Gasteiger partial charge >= 0.3 is 12.6 Å². The molecule has 4 nitrogen and oxygen atoms in total. The van der Waals surface area contributed by atoms with Crippen molar-refractivity contribution >= 4 is 44.1 Å². The average molecular weight is 410 g/mol. The van der Waals surface area contributed by atoms with Crippen LogP contribution in [-0.4, -0.2) is 32.9 Å². The van der Waals surface area contributed by atoms with Gasteiger partial charge in [-0.3, -0.25) is 0 Å². The SMILES string of the molecule is CCO/C([O][Al]([Cl])[Cl])=C(\c1ccccc1)N(CC)c1ccc(OC)cc1. The fourth-order valence-corrected chi connectivity index (χ4v) is 3.41. The Labute approximate surface area is 168 Å². The molecule has 0 aliphatic rings. The molecule has 0 N–H and O–H groups in total. The van der Waals surface area contributed by atoms with Gasteiger partial charge in [0.1, 0.15) is 11.4 Å². The van der Waals surface area contributed by atoms with Crippen LogP contribution >= 0.6 is 20.1 Å². The molecule has 0 aliphatic carbocycles. The monoisotopic (exact) mass is 409 g/mol. The Balaban J connectivity index is 2.59. The molecule has 0 bridgehead atoms. The minimum atomic E-state index is -2.38. The van der Waals surface area contributed by atoms with Crippen molar-refractivity contribution < 1.29 is 13.3 Å². The van der Waals surface area contributed by atoms with Crippen LogP contribution in [0.15, 0.2) is 60.5 Å². The number of ether oxygens (including phenoxy) is 2. The first kappa shape index (κ1) is 20.8. The van der Waals surface area contributed by atoms with E-state index in [1.807, 2.05) is 61.5 Å². The Hall–Kier alpha value is -1.51. The third-order valence-electron chi connectivity index (χ3n) is 3.68. The van der Waals surface area contributed by atoms with Crippen LogP contribution in [-0.2, 0) is 8.53 Å². The molecule has 26 heavy (non-hydrogen) atoms. The van der Waals surface area contributed by atoms with Gasteiger partial charge in [0.2, 0.25) is 0 Å². The van der Waals surface area contributed by atoms with Gasteiger partial charge in [-0.05, 0) is 38.1 Å². The maximum absolute atomic E-state index is 6.01. The van der Waals surface area contributed by atoms with Crippen LogP contribution in [0.2, 0.25) is 0 Å². The summed E-state index contributed by atoms with van der Waals surface area (Å²) in [7, 11) is 13.7. The minimum Gasteiger partial charge on any atom is -0.592 e. The Morgan fingerprint density at radius 1 is 1.00 bits per heavy atom. The molecule has 0 heterocycles. The van der Waals surface area contributed by atoms with Gasteiger partial charge in [-0.1, -0.05) is 30.3 Å². The smallest absolute Gasteiger partial charge is 0.592 e. The first-order chi connectivity index (χ1) is 12.6. The summed E-state index contributed by atoms with van der Waals surface area (Å²) in [6.45, 7) is 5.11. The number of halogens is 2. The van der Waals surface area contributed by atoms with Crippen molar-refractivity contribution in [2.45, 2.75) is 13.8 Å². The van der Waals surface area contributed by atoms with Gasteiger partial charge in [0.15, 0.2) is 0 Å². The van der Waals surface area contributed by atoms with Gasteiger partial charge in [-0.15, -0.1) is 0 Å². The molecule has 0 aromatic heterocycles. The average Bonchev–Trinajstić information content (AvgIpc) is 2.66. The van der Waals surface area contributed by atoms with Crippen LogP contribution in [0.25, 0.3) is 5.70 Å². The maximum Gasteiger partial charge on any atom is 0.817 e. The summed E-state index contributed by atoms with van der Waals surface area (Å²) in [5, 5.41) is 0. The van der Waals surface area contributed by atoms with E-state index in [0.717, 1.165) is 22.7 Å². The van der Waals surface area contributed by atoms with Crippen molar-refractivity contribution in [3.05, 3.63) is 66.1 Å². The largest absolute Gasteiger partial charge is 0.817 e. The predicted octanol–water partition coefficient (Wildman–Crippen LogP) is 5.36. The number of hydrogen-bond donors (Lipinski definition) is 0. The third-order valence-corrected chi connectivity index (χ3v) is 4.61. The first-order valence-corrected chi connectivity index (χ1v) is 12.4. The lowest BCUT2D eigenvalue weighted by Crippen LogP contribution is -2.24. The number of rotatable bonds is 9. The molecule has 0 amide bonds. The Kier molecular flexibility index (Phi) is 8.48. The summed E-state index contributed by atoms with van der Waals surface area (Å²) in [6.07, 6.45) is 0. The van der Waals surface area contributed by atoms with Crippen molar-refractivity contribution in [3.63, 3.8) is 0 Å². The van der Waals surface area contributed by atoms with E-state index in [1.165, 1.54) is 0 Å². The summed E-state index contributed by atoms with van der Waals surface area (Å²) in [5.74, 6) is 1.14. The van der Waals surface area contributed by atoms with Crippen molar-refractivity contribution in [2.24, 2.45) is 0 Å². The zero-order valence-corrected chi connectivity index (χ0v) is 17.8. The second-order valence-electron chi connectivity index (χ2n) is 5.26. The molecule has 2 aromatic carbocycles. The van der Waals surface area contributed by atoms with E-state index in [0.29, 0.717) is 19.1 Å². The summed E-state index contributed by atoms with van der Waals surface area (Å²) in [4.78, 5) is 2.10. The van der Waals surface area contributed by atoms with E-state index in [-0.39, 0.29) is 0 Å². The lowest BCUT2D eigenvalue weighted by atomic mass is 10.1. The van der Waals surface area contributed by atoms with E-state index >= 15 is 0 Å². The zero-order chi connectivity index (χ0) is 18.9. The van der Waals surface area contributed by atoms with Crippen LogP contribution in [0, 0.1) is 0 Å². The van der Waals surface area contributed by atoms with Gasteiger partial charge < -0.3 is 18.2 Å². The van der Waals surface area contributed by atoms with Crippen LogP contribution in [0.5, 0.6) is 5.75 Å². The third kappa shape index (κ3) is 5.49. The molecule has 7 heteroatoms. The van der Waals surface area contributed by atoms with E-state index in [2.05, 4.69) is 11.8 Å². The minimum absolute atomic E-state index is 0.345. The van der Waals surface area contributed by atoms with Crippen molar-refractivity contribution in [1.29, 1.82) is 0 Å². The van der Waals surface area contributed by atoms with E-state index in [4.69, 9.17) is 33.4 Å². The normalized spacial score (nSPS) is 11.4. The molecule has 0 aliphatic heterocycles. The number of benzene rings is 2. The lowest BCUT2D eigenvalue weighted by Gasteiger charge is -2.29. The fourth-order valence-electron chi connectivity index (χ4n) is 2.58. The van der Waals surface area contributed by atoms with Gasteiger partial charge in [0.25, 0.3) is 5.95 Å². The summed E-state index contributed by atoms with van der Waals surface area (Å²) >= 11 is -2.38. The molecule has 2 aromatic rings. The Morgan fingerprint density at radius 2 is 1.65 bits per heavy atom. The molecule has 0 radical (unpaired) electrons. The van der Waals surface area contributed by atoms with Crippen LogP contribution in [0.3, 0.4) is 0 Å². The summed E-state index contributed by atoms with van der Waals surface area (Å²) in [5.41, 5.74) is 2.73. The van der Waals surface area contributed by atoms with Gasteiger partial charge in [0.05, 0.1) is 13.7 Å². The highest BCUT2D eigenvalue weighted by atomic mass is 35.7. The van der Waals surface area contributed by atoms with Gasteiger partial charge in [0, 0.05) is 17.8 Å². The predicted molar refractivity (Wildman–Crippen MR) is 110 cm³/mol. The molecule has 2 rings (SSSR count).